The Morgan fingerprint density at radius 1 is 1.19 bits per heavy atom. The summed E-state index contributed by atoms with van der Waals surface area (Å²) >= 11 is 0. The molecule has 160 valence electrons. The fraction of sp³-hybridized carbons (Fsp3) is 0.320. The normalized spacial score (nSPS) is 18.6. The lowest BCUT2D eigenvalue weighted by atomic mass is 10.00. The Balaban J connectivity index is 2.01. The van der Waals surface area contributed by atoms with Gasteiger partial charge < -0.3 is 15.4 Å². The molecule has 0 aliphatic carbocycles. The highest BCUT2D eigenvalue weighted by Gasteiger charge is 2.13. The van der Waals surface area contributed by atoms with Gasteiger partial charge in [-0.05, 0) is 68.5 Å². The largest absolute Gasteiger partial charge is 0.377 e. The van der Waals surface area contributed by atoms with Gasteiger partial charge >= 0.3 is 0 Å². The molecule has 4 bridgehead atoms. The van der Waals surface area contributed by atoms with Gasteiger partial charge in [-0.3, -0.25) is 4.79 Å². The molecule has 31 heavy (non-hydrogen) atoms. The molecule has 2 aliphatic heterocycles. The number of ether oxygens (including phenoxy) is 1. The molecule has 0 saturated carbocycles. The summed E-state index contributed by atoms with van der Waals surface area (Å²) in [6.45, 7) is 7.68. The van der Waals surface area contributed by atoms with Crippen LogP contribution in [0.25, 0.3) is 11.3 Å². The van der Waals surface area contributed by atoms with Gasteiger partial charge in [-0.25, -0.2) is 9.97 Å². The van der Waals surface area contributed by atoms with Crippen molar-refractivity contribution in [1.82, 2.24) is 15.3 Å². The van der Waals surface area contributed by atoms with Crippen molar-refractivity contribution >= 4 is 11.9 Å². The third kappa shape index (κ3) is 6.03. The first-order valence-electron chi connectivity index (χ1n) is 10.4. The van der Waals surface area contributed by atoms with Crippen molar-refractivity contribution in [1.29, 1.82) is 0 Å². The van der Waals surface area contributed by atoms with Gasteiger partial charge in [0.2, 0.25) is 5.95 Å². The highest BCUT2D eigenvalue weighted by atomic mass is 16.5. The molecule has 2 aromatic rings. The highest BCUT2D eigenvalue weighted by Crippen LogP contribution is 2.26. The van der Waals surface area contributed by atoms with Crippen molar-refractivity contribution in [3.63, 3.8) is 0 Å². The summed E-state index contributed by atoms with van der Waals surface area (Å²) in [7, 11) is 0. The fourth-order valence-electron chi connectivity index (χ4n) is 3.35. The van der Waals surface area contributed by atoms with Crippen LogP contribution in [0.15, 0.2) is 47.8 Å². The minimum atomic E-state index is -0.0712. The number of fused-ring (bicyclic) bond motifs is 12. The van der Waals surface area contributed by atoms with Crippen LogP contribution in [0, 0.1) is 26.2 Å². The SMILES string of the molecule is C#C/C=C1\C=C(/C)COCCCCNC(=O)c2ccc(c(C)c2)-c2nc(ncc2C)N1. The highest BCUT2D eigenvalue weighted by molar-refractivity contribution is 5.95. The summed E-state index contributed by atoms with van der Waals surface area (Å²) in [5, 5.41) is 6.19. The van der Waals surface area contributed by atoms with E-state index in [0.29, 0.717) is 31.3 Å². The molecule has 4 rings (SSSR count). The molecular weight excluding hydrogens is 388 g/mol. The smallest absolute Gasteiger partial charge is 0.251 e. The first kappa shape index (κ1) is 22.3. The molecule has 1 amide bonds. The lowest BCUT2D eigenvalue weighted by molar-refractivity contribution is 0.0950. The average Bonchev–Trinajstić information content (AvgIpc) is 2.74. The summed E-state index contributed by atoms with van der Waals surface area (Å²) < 4.78 is 5.74. The third-order valence-electron chi connectivity index (χ3n) is 4.94. The number of allylic oxidation sites excluding steroid dienone is 2. The quantitative estimate of drug-likeness (QED) is 0.630. The molecule has 1 aromatic heterocycles. The van der Waals surface area contributed by atoms with Crippen LogP contribution in [-0.4, -0.2) is 35.6 Å². The van der Waals surface area contributed by atoms with Crippen molar-refractivity contribution in [2.75, 3.05) is 25.1 Å². The van der Waals surface area contributed by atoms with Gasteiger partial charge in [-0.2, -0.15) is 0 Å². The Bertz CT molecular complexity index is 1060. The zero-order valence-electron chi connectivity index (χ0n) is 18.3. The molecule has 0 saturated heterocycles. The van der Waals surface area contributed by atoms with Crippen LogP contribution in [-0.2, 0) is 4.74 Å². The van der Waals surface area contributed by atoms with E-state index < -0.39 is 0 Å². The van der Waals surface area contributed by atoms with Gasteiger partial charge in [0.05, 0.1) is 12.3 Å². The Kier molecular flexibility index (Phi) is 7.58. The van der Waals surface area contributed by atoms with Crippen LogP contribution < -0.4 is 10.6 Å². The predicted molar refractivity (Wildman–Crippen MR) is 124 cm³/mol. The van der Waals surface area contributed by atoms with Crippen molar-refractivity contribution in [3.8, 4) is 23.6 Å². The van der Waals surface area contributed by atoms with E-state index in [2.05, 4.69) is 21.5 Å². The van der Waals surface area contributed by atoms with Crippen LogP contribution in [0.5, 0.6) is 0 Å². The molecule has 0 unspecified atom stereocenters. The molecule has 2 aliphatic rings. The summed E-state index contributed by atoms with van der Waals surface area (Å²) in [6.07, 6.45) is 12.6. The van der Waals surface area contributed by atoms with Crippen molar-refractivity contribution in [2.45, 2.75) is 33.6 Å². The minimum absolute atomic E-state index is 0.0712. The minimum Gasteiger partial charge on any atom is -0.377 e. The van der Waals surface area contributed by atoms with Gasteiger partial charge in [0, 0.05) is 42.2 Å². The molecule has 0 fully saturated rings. The van der Waals surface area contributed by atoms with E-state index in [4.69, 9.17) is 16.1 Å². The number of nitrogens with one attached hydrogen (secondary N) is 2. The maximum atomic E-state index is 12.5. The van der Waals surface area contributed by atoms with E-state index >= 15 is 0 Å². The van der Waals surface area contributed by atoms with Crippen LogP contribution in [0.3, 0.4) is 0 Å². The van der Waals surface area contributed by atoms with Crippen molar-refractivity contribution < 1.29 is 9.53 Å². The number of carbonyl (C=O) groups excluding carboxylic acids is 1. The van der Waals surface area contributed by atoms with Crippen LogP contribution in [0.1, 0.15) is 41.3 Å². The molecule has 6 heteroatoms. The number of aromatic nitrogens is 2. The Morgan fingerprint density at radius 3 is 2.81 bits per heavy atom. The topological polar surface area (TPSA) is 76.1 Å². The number of aryl methyl sites for hydroxylation is 2. The number of benzene rings is 1. The summed E-state index contributed by atoms with van der Waals surface area (Å²) in [5.41, 5.74) is 6.07. The van der Waals surface area contributed by atoms with E-state index in [9.17, 15) is 4.79 Å². The van der Waals surface area contributed by atoms with E-state index in [1.165, 1.54) is 0 Å². The molecule has 0 atom stereocenters. The number of nitrogens with zero attached hydrogens (tertiary/aromatic N) is 2. The third-order valence-corrected chi connectivity index (χ3v) is 4.94. The molecule has 6 nitrogen and oxygen atoms in total. The van der Waals surface area contributed by atoms with Gasteiger partial charge in [-0.15, -0.1) is 6.42 Å². The lowest BCUT2D eigenvalue weighted by Crippen LogP contribution is -2.24. The zero-order chi connectivity index (χ0) is 22.2. The summed E-state index contributed by atoms with van der Waals surface area (Å²) in [4.78, 5) is 21.6. The van der Waals surface area contributed by atoms with E-state index in [0.717, 1.165) is 46.5 Å². The summed E-state index contributed by atoms with van der Waals surface area (Å²) in [6, 6.07) is 5.67. The second-order valence-electron chi connectivity index (χ2n) is 7.65. The first-order chi connectivity index (χ1) is 15.0. The first-order valence-corrected chi connectivity index (χ1v) is 10.4. The molecule has 0 radical (unpaired) electrons. The van der Waals surface area contributed by atoms with E-state index in [1.807, 2.05) is 45.0 Å². The number of carbonyl (C=O) groups is 1. The number of hydrogen-bond donors (Lipinski definition) is 2. The van der Waals surface area contributed by atoms with Gasteiger partial charge in [0.25, 0.3) is 5.91 Å². The van der Waals surface area contributed by atoms with Gasteiger partial charge in [-0.1, -0.05) is 12.0 Å². The standard InChI is InChI=1S/C25H28N4O2/c1-5-8-21-13-17(2)16-31-12-7-6-11-26-24(30)20-9-10-22(18(3)14-20)23-19(4)15-27-25(28-21)29-23/h1,8-10,13-15H,6-7,11-12,16H2,2-4H3,(H,26,30)(H,27,28,29)/b17-13+,21-8+. The second kappa shape index (κ2) is 10.6. The van der Waals surface area contributed by atoms with Gasteiger partial charge in [0.15, 0.2) is 0 Å². The maximum Gasteiger partial charge on any atom is 0.251 e. The molecule has 1 aromatic carbocycles. The Hall–Kier alpha value is -3.43. The van der Waals surface area contributed by atoms with Crippen LogP contribution in [0.2, 0.25) is 0 Å². The zero-order valence-corrected chi connectivity index (χ0v) is 18.3. The molecule has 0 spiro atoms. The van der Waals surface area contributed by atoms with Crippen molar-refractivity contribution in [2.24, 2.45) is 0 Å². The number of terminal acetylenes is 1. The average molecular weight is 417 g/mol. The molecule has 2 N–H and O–H groups in total. The van der Waals surface area contributed by atoms with Crippen LogP contribution >= 0.6 is 0 Å². The maximum absolute atomic E-state index is 12.5. The second-order valence-corrected chi connectivity index (χ2v) is 7.65. The van der Waals surface area contributed by atoms with E-state index in [-0.39, 0.29) is 5.91 Å². The predicted octanol–water partition coefficient (Wildman–Crippen LogP) is 4.18. The number of rotatable bonds is 0. The molecular formula is C25H28N4O2. The number of amides is 1. The fourth-order valence-corrected chi connectivity index (χ4v) is 3.35. The molecule has 3 heterocycles. The summed E-state index contributed by atoms with van der Waals surface area (Å²) in [5.74, 6) is 2.94. The Labute approximate surface area is 183 Å². The van der Waals surface area contributed by atoms with E-state index in [1.54, 1.807) is 12.3 Å². The van der Waals surface area contributed by atoms with Crippen LogP contribution in [0.4, 0.5) is 5.95 Å². The Morgan fingerprint density at radius 2 is 2.03 bits per heavy atom. The number of anilines is 1. The monoisotopic (exact) mass is 416 g/mol. The lowest BCUT2D eigenvalue weighted by Gasteiger charge is -2.13. The van der Waals surface area contributed by atoms with Gasteiger partial charge in [0.1, 0.15) is 0 Å². The number of hydrogen-bond acceptors (Lipinski definition) is 5. The van der Waals surface area contributed by atoms with Crippen molar-refractivity contribution in [3.05, 3.63) is 64.5 Å².